The van der Waals surface area contributed by atoms with Crippen molar-refractivity contribution < 1.29 is 29.7 Å². The summed E-state index contributed by atoms with van der Waals surface area (Å²) in [6, 6.07) is 0. The maximum Gasteiger partial charge on any atom is 0.318 e. The first-order valence-corrected chi connectivity index (χ1v) is 4.54. The third-order valence-corrected chi connectivity index (χ3v) is 2.22. The van der Waals surface area contributed by atoms with E-state index in [9.17, 15) is 14.4 Å². The summed E-state index contributed by atoms with van der Waals surface area (Å²) >= 11 is 0. The Kier molecular flexibility index (Phi) is 4.84. The molecule has 6 nitrogen and oxygen atoms in total. The lowest BCUT2D eigenvalue weighted by atomic mass is 9.75. The summed E-state index contributed by atoms with van der Waals surface area (Å²) in [5.41, 5.74) is -2.16. The van der Waals surface area contributed by atoms with Gasteiger partial charge in [0.2, 0.25) is 0 Å². The van der Waals surface area contributed by atoms with Gasteiger partial charge in [-0.2, -0.15) is 0 Å². The van der Waals surface area contributed by atoms with E-state index in [2.05, 4.69) is 6.58 Å². The zero-order chi connectivity index (χ0) is 12.9. The van der Waals surface area contributed by atoms with Crippen LogP contribution in [0.5, 0.6) is 0 Å². The summed E-state index contributed by atoms with van der Waals surface area (Å²) < 4.78 is 0. The number of aliphatic hydroxyl groups is 1. The van der Waals surface area contributed by atoms with Gasteiger partial charge in [0.15, 0.2) is 5.78 Å². The molecule has 0 saturated carbocycles. The molecule has 0 aliphatic rings. The van der Waals surface area contributed by atoms with Crippen LogP contribution in [0.4, 0.5) is 0 Å². The highest BCUT2D eigenvalue weighted by Crippen LogP contribution is 2.31. The van der Waals surface area contributed by atoms with Gasteiger partial charge in [0.1, 0.15) is 5.41 Å². The molecule has 1 unspecified atom stereocenters. The van der Waals surface area contributed by atoms with E-state index in [-0.39, 0.29) is 5.57 Å². The van der Waals surface area contributed by atoms with Crippen molar-refractivity contribution >= 4 is 17.7 Å². The number of aliphatic hydroxyl groups excluding tert-OH is 1. The van der Waals surface area contributed by atoms with Crippen LogP contribution in [0.3, 0.4) is 0 Å². The van der Waals surface area contributed by atoms with Crippen LogP contribution >= 0.6 is 0 Å². The molecule has 0 aliphatic carbocycles. The van der Waals surface area contributed by atoms with E-state index in [1.807, 2.05) is 0 Å². The monoisotopic (exact) mass is 230 g/mol. The second kappa shape index (κ2) is 5.41. The van der Waals surface area contributed by atoms with E-state index in [0.717, 1.165) is 0 Å². The van der Waals surface area contributed by atoms with Crippen molar-refractivity contribution in [3.8, 4) is 0 Å². The number of allylic oxidation sites excluding steroid dienone is 1. The predicted octanol–water partition coefficient (Wildman–Crippen LogP) is 0.0597. The molecule has 1 atom stereocenters. The largest absolute Gasteiger partial charge is 0.481 e. The van der Waals surface area contributed by atoms with E-state index < -0.39 is 42.6 Å². The molecular weight excluding hydrogens is 216 g/mol. The van der Waals surface area contributed by atoms with E-state index >= 15 is 0 Å². The number of hydrogen-bond acceptors (Lipinski definition) is 4. The number of hydrogen-bond donors (Lipinski definition) is 3. The highest BCUT2D eigenvalue weighted by molar-refractivity contribution is 6.12. The van der Waals surface area contributed by atoms with Gasteiger partial charge in [-0.1, -0.05) is 6.58 Å². The zero-order valence-electron chi connectivity index (χ0n) is 8.89. The Labute approximate surface area is 92.2 Å². The third kappa shape index (κ3) is 2.90. The van der Waals surface area contributed by atoms with Gasteiger partial charge in [-0.15, -0.1) is 0 Å². The molecule has 6 heteroatoms. The molecule has 16 heavy (non-hydrogen) atoms. The van der Waals surface area contributed by atoms with E-state index in [4.69, 9.17) is 15.3 Å². The molecule has 0 amide bonds. The summed E-state index contributed by atoms with van der Waals surface area (Å²) in [7, 11) is 0. The summed E-state index contributed by atoms with van der Waals surface area (Å²) in [5.74, 6) is -3.83. The molecule has 0 aromatic carbocycles. The van der Waals surface area contributed by atoms with E-state index in [0.29, 0.717) is 0 Å². The molecule has 0 aromatic rings. The standard InChI is InChI=1S/C10H14O6/c1-6(2)8(14)10(3-4-11,9(15)16)5-7(12)13/h11H,1,3-5H2,2H3,(H,12,13)(H,15,16). The number of carbonyl (C=O) groups is 3. The van der Waals surface area contributed by atoms with Gasteiger partial charge in [-0.25, -0.2) is 0 Å². The van der Waals surface area contributed by atoms with Gasteiger partial charge >= 0.3 is 11.9 Å². The number of carbonyl (C=O) groups excluding carboxylic acids is 1. The molecule has 0 spiro atoms. The predicted molar refractivity (Wildman–Crippen MR) is 53.8 cm³/mol. The van der Waals surface area contributed by atoms with Crippen LogP contribution in [0.1, 0.15) is 19.8 Å². The number of Topliss-reactive ketones (excluding diaryl/α,β-unsaturated/α-hetero) is 1. The SMILES string of the molecule is C=C(C)C(=O)C(CCO)(CC(=O)O)C(=O)O. The highest BCUT2D eigenvalue weighted by atomic mass is 16.4. The van der Waals surface area contributed by atoms with Gasteiger partial charge in [-0.05, 0) is 18.9 Å². The summed E-state index contributed by atoms with van der Waals surface area (Å²) in [6.45, 7) is 4.03. The Hall–Kier alpha value is -1.69. The first-order valence-electron chi connectivity index (χ1n) is 4.54. The molecule has 0 rings (SSSR count). The van der Waals surface area contributed by atoms with Crippen LogP contribution in [-0.2, 0) is 14.4 Å². The van der Waals surface area contributed by atoms with Crippen LogP contribution in [0.15, 0.2) is 12.2 Å². The van der Waals surface area contributed by atoms with Gasteiger partial charge in [-0.3, -0.25) is 14.4 Å². The van der Waals surface area contributed by atoms with Crippen LogP contribution in [0.2, 0.25) is 0 Å². The Balaban J connectivity index is 5.41. The fourth-order valence-electron chi connectivity index (χ4n) is 1.42. The van der Waals surface area contributed by atoms with E-state index in [1.54, 1.807) is 0 Å². The van der Waals surface area contributed by atoms with Gasteiger partial charge in [0.05, 0.1) is 6.42 Å². The lowest BCUT2D eigenvalue weighted by molar-refractivity contribution is -0.161. The molecule has 0 radical (unpaired) electrons. The van der Waals surface area contributed by atoms with Crippen LogP contribution < -0.4 is 0 Å². The second-order valence-corrected chi connectivity index (χ2v) is 3.54. The van der Waals surface area contributed by atoms with Crippen LogP contribution in [-0.4, -0.2) is 39.6 Å². The van der Waals surface area contributed by atoms with Crippen LogP contribution in [0, 0.1) is 5.41 Å². The van der Waals surface area contributed by atoms with Crippen molar-refractivity contribution in [3.05, 3.63) is 12.2 Å². The first-order chi connectivity index (χ1) is 7.27. The molecule has 3 N–H and O–H groups in total. The van der Waals surface area contributed by atoms with Gasteiger partial charge in [0.25, 0.3) is 0 Å². The number of ketones is 1. The maximum absolute atomic E-state index is 11.7. The topological polar surface area (TPSA) is 112 Å². The van der Waals surface area contributed by atoms with Crippen molar-refractivity contribution in [2.75, 3.05) is 6.61 Å². The minimum atomic E-state index is -2.12. The van der Waals surface area contributed by atoms with Gasteiger partial charge < -0.3 is 15.3 Å². The van der Waals surface area contributed by atoms with Crippen molar-refractivity contribution in [1.82, 2.24) is 0 Å². The molecular formula is C10H14O6. The number of aliphatic carboxylic acids is 2. The Morgan fingerprint density at radius 3 is 2.00 bits per heavy atom. The Morgan fingerprint density at radius 1 is 1.25 bits per heavy atom. The maximum atomic E-state index is 11.7. The van der Waals surface area contributed by atoms with Gasteiger partial charge in [0, 0.05) is 6.61 Å². The normalized spacial score (nSPS) is 13.9. The summed E-state index contributed by atoms with van der Waals surface area (Å²) in [4.78, 5) is 33.3. The average molecular weight is 230 g/mol. The lowest BCUT2D eigenvalue weighted by Gasteiger charge is -2.25. The molecule has 0 aromatic heterocycles. The Morgan fingerprint density at radius 2 is 1.75 bits per heavy atom. The molecule has 0 saturated heterocycles. The van der Waals surface area contributed by atoms with Crippen molar-refractivity contribution in [3.63, 3.8) is 0 Å². The molecule has 0 fully saturated rings. The zero-order valence-corrected chi connectivity index (χ0v) is 8.89. The van der Waals surface area contributed by atoms with E-state index in [1.165, 1.54) is 6.92 Å². The first kappa shape index (κ1) is 14.3. The van der Waals surface area contributed by atoms with Crippen molar-refractivity contribution in [2.24, 2.45) is 5.41 Å². The minimum Gasteiger partial charge on any atom is -0.481 e. The third-order valence-electron chi connectivity index (χ3n) is 2.22. The van der Waals surface area contributed by atoms with Crippen LogP contribution in [0.25, 0.3) is 0 Å². The highest BCUT2D eigenvalue weighted by Gasteiger charge is 2.47. The van der Waals surface area contributed by atoms with Crippen molar-refractivity contribution in [1.29, 1.82) is 0 Å². The Bertz CT molecular complexity index is 332. The lowest BCUT2D eigenvalue weighted by Crippen LogP contribution is -2.42. The molecule has 90 valence electrons. The fourth-order valence-corrected chi connectivity index (χ4v) is 1.42. The molecule has 0 aliphatic heterocycles. The smallest absolute Gasteiger partial charge is 0.318 e. The number of carboxylic acid groups (broad SMARTS) is 2. The number of carboxylic acids is 2. The minimum absolute atomic E-state index is 0.0444. The summed E-state index contributed by atoms with van der Waals surface area (Å²) in [6.07, 6.45) is -1.31. The summed E-state index contributed by atoms with van der Waals surface area (Å²) in [5, 5.41) is 26.4. The second-order valence-electron chi connectivity index (χ2n) is 3.54. The number of rotatable bonds is 7. The quantitative estimate of drug-likeness (QED) is 0.421. The van der Waals surface area contributed by atoms with Crippen molar-refractivity contribution in [2.45, 2.75) is 19.8 Å². The molecule has 0 bridgehead atoms. The average Bonchev–Trinajstić information content (AvgIpc) is 2.14. The molecule has 0 heterocycles. The fraction of sp³-hybridized carbons (Fsp3) is 0.500.